The Morgan fingerprint density at radius 2 is 1.78 bits per heavy atom. The Balaban J connectivity index is 1.45. The predicted molar refractivity (Wildman–Crippen MR) is 139 cm³/mol. The predicted octanol–water partition coefficient (Wildman–Crippen LogP) is 5.45. The van der Waals surface area contributed by atoms with Gasteiger partial charge in [-0.1, -0.05) is 49.3 Å². The average Bonchev–Trinajstić information content (AvgIpc) is 3.33. The number of anilines is 2. The van der Waals surface area contributed by atoms with E-state index in [0.29, 0.717) is 37.0 Å². The third-order valence-corrected chi connectivity index (χ3v) is 5.19. The van der Waals surface area contributed by atoms with Crippen LogP contribution in [0.4, 0.5) is 11.4 Å². The number of nitrogens with zero attached hydrogens (tertiary/aromatic N) is 4. The number of tetrazole rings is 1. The number of rotatable bonds is 11. The van der Waals surface area contributed by atoms with E-state index in [0.717, 1.165) is 22.6 Å². The molecule has 0 radical (unpaired) electrons. The molecule has 0 spiro atoms. The number of aromatic nitrogens is 4. The summed E-state index contributed by atoms with van der Waals surface area (Å²) in [6.45, 7) is 7.01. The topological polar surface area (TPSA) is 103 Å². The van der Waals surface area contributed by atoms with Crippen LogP contribution in [0.1, 0.15) is 32.8 Å². The number of amides is 1. The molecule has 0 aliphatic carbocycles. The lowest BCUT2D eigenvalue weighted by atomic mass is 10.1. The quantitative estimate of drug-likeness (QED) is 0.291. The zero-order valence-corrected chi connectivity index (χ0v) is 20.6. The summed E-state index contributed by atoms with van der Waals surface area (Å²) in [6.07, 6.45) is 0.490. The highest BCUT2D eigenvalue weighted by atomic mass is 16.5. The summed E-state index contributed by atoms with van der Waals surface area (Å²) in [5.41, 5.74) is 3.46. The third-order valence-electron chi connectivity index (χ3n) is 5.19. The van der Waals surface area contributed by atoms with Crippen molar-refractivity contribution in [3.8, 4) is 23.2 Å². The van der Waals surface area contributed by atoms with Crippen molar-refractivity contribution >= 4 is 17.3 Å². The summed E-state index contributed by atoms with van der Waals surface area (Å²) in [5.74, 6) is 1.43. The molecule has 36 heavy (non-hydrogen) atoms. The van der Waals surface area contributed by atoms with Crippen molar-refractivity contribution in [2.24, 2.45) is 5.92 Å². The van der Waals surface area contributed by atoms with Crippen LogP contribution in [0.3, 0.4) is 0 Å². The van der Waals surface area contributed by atoms with E-state index in [4.69, 9.17) is 9.47 Å². The van der Waals surface area contributed by atoms with Gasteiger partial charge in [0.25, 0.3) is 0 Å². The minimum atomic E-state index is 0.0115. The second-order valence-corrected chi connectivity index (χ2v) is 8.61. The molecule has 9 heteroatoms. The molecule has 1 aromatic heterocycles. The summed E-state index contributed by atoms with van der Waals surface area (Å²) in [5, 5.41) is 18.1. The molecule has 0 saturated heterocycles. The lowest BCUT2D eigenvalue weighted by molar-refractivity contribution is -0.116. The number of ether oxygens (including phenoxy) is 2. The van der Waals surface area contributed by atoms with Gasteiger partial charge in [0.05, 0.1) is 12.3 Å². The zero-order chi connectivity index (χ0) is 25.3. The van der Waals surface area contributed by atoms with Crippen LogP contribution in [0.25, 0.3) is 5.69 Å². The molecule has 9 nitrogen and oxygen atoms in total. The second kappa shape index (κ2) is 11.8. The van der Waals surface area contributed by atoms with Gasteiger partial charge in [-0.15, -0.1) is 0 Å². The Hall–Kier alpha value is -4.40. The van der Waals surface area contributed by atoms with Crippen LogP contribution in [0, 0.1) is 5.92 Å². The highest BCUT2D eigenvalue weighted by Crippen LogP contribution is 2.32. The molecule has 0 fully saturated rings. The minimum Gasteiger partial charge on any atom is -0.490 e. The van der Waals surface area contributed by atoms with E-state index in [2.05, 4.69) is 26.2 Å². The highest BCUT2D eigenvalue weighted by molar-refractivity contribution is 5.91. The molecule has 0 unspecified atom stereocenters. The first kappa shape index (κ1) is 24.7. The Labute approximate surface area is 210 Å². The van der Waals surface area contributed by atoms with E-state index in [1.165, 1.54) is 4.68 Å². The molecule has 1 amide bonds. The molecule has 1 heterocycles. The van der Waals surface area contributed by atoms with Crippen molar-refractivity contribution in [2.75, 3.05) is 17.2 Å². The summed E-state index contributed by atoms with van der Waals surface area (Å²) < 4.78 is 13.4. The van der Waals surface area contributed by atoms with Gasteiger partial charge in [0.1, 0.15) is 0 Å². The maximum absolute atomic E-state index is 12.1. The summed E-state index contributed by atoms with van der Waals surface area (Å²) in [4.78, 5) is 12.1. The highest BCUT2D eigenvalue weighted by Gasteiger charge is 2.14. The first-order chi connectivity index (χ1) is 17.5. The Morgan fingerprint density at radius 1 is 0.972 bits per heavy atom. The van der Waals surface area contributed by atoms with Gasteiger partial charge in [-0.2, -0.15) is 4.68 Å². The van der Waals surface area contributed by atoms with Crippen molar-refractivity contribution in [3.63, 3.8) is 0 Å². The van der Waals surface area contributed by atoms with Crippen molar-refractivity contribution in [3.05, 3.63) is 78.4 Å². The Kier molecular flexibility index (Phi) is 8.12. The molecular weight excluding hydrogens is 456 g/mol. The fourth-order valence-corrected chi connectivity index (χ4v) is 3.58. The fraction of sp³-hybridized carbons (Fsp3) is 0.259. The molecule has 4 rings (SSSR count). The Morgan fingerprint density at radius 3 is 2.56 bits per heavy atom. The summed E-state index contributed by atoms with van der Waals surface area (Å²) >= 11 is 0. The molecular formula is C27H30N6O3. The van der Waals surface area contributed by atoms with Crippen molar-refractivity contribution in [2.45, 2.75) is 33.7 Å². The van der Waals surface area contributed by atoms with Crippen molar-refractivity contribution in [1.29, 1.82) is 0 Å². The molecule has 0 bridgehead atoms. The second-order valence-electron chi connectivity index (χ2n) is 8.61. The molecule has 0 aliphatic rings. The standard InChI is InChI=1S/C27H30N6O3/c1-4-35-25-16-20(18-28-21-9-8-10-22(17-21)29-26(34)15-19(2)3)13-14-24(25)36-27-30-31-32-33(27)23-11-6-5-7-12-23/h5-14,16-17,19,28H,4,15,18H2,1-3H3,(H,29,34). The molecule has 3 aromatic carbocycles. The average molecular weight is 487 g/mol. The maximum atomic E-state index is 12.1. The number of para-hydroxylation sites is 1. The van der Waals surface area contributed by atoms with Gasteiger partial charge in [-0.3, -0.25) is 4.79 Å². The minimum absolute atomic E-state index is 0.0115. The molecule has 186 valence electrons. The normalized spacial score (nSPS) is 10.8. The van der Waals surface area contributed by atoms with E-state index >= 15 is 0 Å². The molecule has 2 N–H and O–H groups in total. The third kappa shape index (κ3) is 6.59. The maximum Gasteiger partial charge on any atom is 0.346 e. The Bertz CT molecular complexity index is 1290. The van der Waals surface area contributed by atoms with Gasteiger partial charge >= 0.3 is 6.01 Å². The number of hydrogen-bond donors (Lipinski definition) is 2. The van der Waals surface area contributed by atoms with Gasteiger partial charge in [0, 0.05) is 24.3 Å². The van der Waals surface area contributed by atoms with Crippen LogP contribution < -0.4 is 20.1 Å². The molecule has 0 aliphatic heterocycles. The number of hydrogen-bond acceptors (Lipinski definition) is 7. The van der Waals surface area contributed by atoms with E-state index in [1.54, 1.807) is 0 Å². The summed E-state index contributed by atoms with van der Waals surface area (Å²) in [6, 6.07) is 23.2. The van der Waals surface area contributed by atoms with E-state index in [1.807, 2.05) is 93.6 Å². The van der Waals surface area contributed by atoms with Crippen LogP contribution >= 0.6 is 0 Å². The first-order valence-corrected chi connectivity index (χ1v) is 11.9. The van der Waals surface area contributed by atoms with Gasteiger partial charge in [0.15, 0.2) is 11.5 Å². The zero-order valence-electron chi connectivity index (χ0n) is 20.6. The van der Waals surface area contributed by atoms with Crippen LogP contribution in [-0.4, -0.2) is 32.7 Å². The monoisotopic (exact) mass is 486 g/mol. The lowest BCUT2D eigenvalue weighted by Gasteiger charge is -2.14. The van der Waals surface area contributed by atoms with Crippen molar-refractivity contribution < 1.29 is 14.3 Å². The number of carbonyl (C=O) groups is 1. The fourth-order valence-electron chi connectivity index (χ4n) is 3.58. The summed E-state index contributed by atoms with van der Waals surface area (Å²) in [7, 11) is 0. The number of nitrogens with one attached hydrogen (secondary N) is 2. The van der Waals surface area contributed by atoms with E-state index in [-0.39, 0.29) is 11.9 Å². The number of benzene rings is 3. The van der Waals surface area contributed by atoms with Gasteiger partial charge in [-0.25, -0.2) is 0 Å². The lowest BCUT2D eigenvalue weighted by Crippen LogP contribution is -2.13. The van der Waals surface area contributed by atoms with Gasteiger partial charge < -0.3 is 20.1 Å². The largest absolute Gasteiger partial charge is 0.490 e. The molecule has 4 aromatic rings. The SMILES string of the molecule is CCOc1cc(CNc2cccc(NC(=O)CC(C)C)c2)ccc1Oc1nnnn1-c1ccccc1. The van der Waals surface area contributed by atoms with Crippen LogP contribution in [0.2, 0.25) is 0 Å². The molecule has 0 atom stereocenters. The van der Waals surface area contributed by atoms with Crippen LogP contribution in [0.15, 0.2) is 72.8 Å². The smallest absolute Gasteiger partial charge is 0.346 e. The van der Waals surface area contributed by atoms with E-state index in [9.17, 15) is 4.79 Å². The van der Waals surface area contributed by atoms with Crippen molar-refractivity contribution in [1.82, 2.24) is 20.2 Å². The number of carbonyl (C=O) groups excluding carboxylic acids is 1. The van der Waals surface area contributed by atoms with E-state index < -0.39 is 0 Å². The van der Waals surface area contributed by atoms with Gasteiger partial charge in [0.2, 0.25) is 5.91 Å². The first-order valence-electron chi connectivity index (χ1n) is 11.9. The van der Waals surface area contributed by atoms with Gasteiger partial charge in [-0.05, 0) is 71.3 Å². The van der Waals surface area contributed by atoms with Crippen LogP contribution in [0.5, 0.6) is 17.5 Å². The van der Waals surface area contributed by atoms with Crippen LogP contribution in [-0.2, 0) is 11.3 Å². The molecule has 0 saturated carbocycles.